The van der Waals surface area contributed by atoms with E-state index in [1.165, 1.54) is 12.4 Å². The number of carbonyl (C=O) groups is 2. The molecule has 0 radical (unpaired) electrons. The van der Waals surface area contributed by atoms with Gasteiger partial charge in [-0.25, -0.2) is 10.9 Å². The van der Waals surface area contributed by atoms with Gasteiger partial charge in [-0.2, -0.15) is 10.2 Å². The van der Waals surface area contributed by atoms with Crippen molar-refractivity contribution in [2.75, 3.05) is 0 Å². The first kappa shape index (κ1) is 28.0. The van der Waals surface area contributed by atoms with Crippen LogP contribution >= 0.6 is 0 Å². The molecule has 5 aromatic rings. The third kappa shape index (κ3) is 7.37. The van der Waals surface area contributed by atoms with Crippen LogP contribution in [-0.4, -0.2) is 36.5 Å². The predicted octanol–water partition coefficient (Wildman–Crippen LogP) is 5.83. The lowest BCUT2D eigenvalue weighted by Crippen LogP contribution is -2.33. The Kier molecular flexibility index (Phi) is 8.84. The van der Waals surface area contributed by atoms with Crippen LogP contribution in [0.3, 0.4) is 0 Å². The summed E-state index contributed by atoms with van der Waals surface area (Å²) in [5.41, 5.74) is 6.56. The zero-order valence-corrected chi connectivity index (χ0v) is 23.2. The van der Waals surface area contributed by atoms with Crippen molar-refractivity contribution in [1.82, 2.24) is 10.9 Å². The molecule has 42 heavy (non-hydrogen) atoms. The van der Waals surface area contributed by atoms with Crippen LogP contribution in [0.15, 0.2) is 119 Å². The Morgan fingerprint density at radius 1 is 0.571 bits per heavy atom. The van der Waals surface area contributed by atoms with Crippen molar-refractivity contribution in [2.24, 2.45) is 10.2 Å². The monoisotopic (exact) mass is 558 g/mol. The van der Waals surface area contributed by atoms with Crippen molar-refractivity contribution >= 4 is 45.8 Å². The highest BCUT2D eigenvalue weighted by atomic mass is 16.5. The SMILES string of the molecule is CC(Oc1ccc2ccccc2c1)C(=O)N/N=C/c1ccc(/C=N/NC(=O)C(C)Oc2ccc3ccccc3c2)cc1. The summed E-state index contributed by atoms with van der Waals surface area (Å²) in [6.45, 7) is 3.34. The zero-order chi connectivity index (χ0) is 29.3. The van der Waals surface area contributed by atoms with E-state index in [-0.39, 0.29) is 11.8 Å². The molecule has 5 aromatic carbocycles. The molecule has 8 nitrogen and oxygen atoms in total. The average molecular weight is 559 g/mol. The van der Waals surface area contributed by atoms with Crippen LogP contribution in [-0.2, 0) is 9.59 Å². The molecule has 2 unspecified atom stereocenters. The molecule has 8 heteroatoms. The molecule has 2 N–H and O–H groups in total. The van der Waals surface area contributed by atoms with Gasteiger partial charge in [-0.05, 0) is 70.8 Å². The minimum Gasteiger partial charge on any atom is -0.481 e. The van der Waals surface area contributed by atoms with Crippen molar-refractivity contribution in [3.05, 3.63) is 120 Å². The van der Waals surface area contributed by atoms with Crippen LogP contribution in [0, 0.1) is 0 Å². The highest BCUT2D eigenvalue weighted by Crippen LogP contribution is 2.22. The van der Waals surface area contributed by atoms with Gasteiger partial charge < -0.3 is 9.47 Å². The summed E-state index contributed by atoms with van der Waals surface area (Å²) in [6.07, 6.45) is 1.63. The molecule has 0 heterocycles. The molecule has 0 bridgehead atoms. The maximum Gasteiger partial charge on any atom is 0.280 e. The molecule has 0 aliphatic carbocycles. The van der Waals surface area contributed by atoms with Gasteiger partial charge in [0, 0.05) is 0 Å². The summed E-state index contributed by atoms with van der Waals surface area (Å²) in [5.74, 6) is 0.497. The van der Waals surface area contributed by atoms with Crippen LogP contribution in [0.1, 0.15) is 25.0 Å². The molecule has 0 fully saturated rings. The fourth-order valence-electron chi connectivity index (χ4n) is 4.19. The number of carbonyl (C=O) groups excluding carboxylic acids is 2. The summed E-state index contributed by atoms with van der Waals surface area (Å²) in [5, 5.41) is 12.3. The Hall–Kier alpha value is -5.50. The van der Waals surface area contributed by atoms with E-state index in [9.17, 15) is 9.59 Å². The second kappa shape index (κ2) is 13.2. The van der Waals surface area contributed by atoms with E-state index in [1.54, 1.807) is 13.8 Å². The number of hydrogen-bond acceptors (Lipinski definition) is 6. The number of rotatable bonds is 10. The third-order valence-electron chi connectivity index (χ3n) is 6.52. The van der Waals surface area contributed by atoms with E-state index >= 15 is 0 Å². The number of hydrazone groups is 2. The molecule has 0 saturated heterocycles. The maximum atomic E-state index is 12.4. The Balaban J connectivity index is 1.06. The van der Waals surface area contributed by atoms with E-state index in [0.29, 0.717) is 11.5 Å². The summed E-state index contributed by atoms with van der Waals surface area (Å²) >= 11 is 0. The standard InChI is InChI=1S/C34H30N4O4/c1-23(41-31-17-15-27-7-3-5-9-29(27)19-31)33(39)37-35-21-25-11-13-26(14-12-25)22-36-38-34(40)24(2)42-32-18-16-28-8-4-6-10-30(28)20-32/h3-24H,1-2H3,(H,37,39)(H,38,40)/b35-21+,36-22+. The number of amides is 2. The number of hydrogen-bond donors (Lipinski definition) is 2. The van der Waals surface area contributed by atoms with Gasteiger partial charge in [0.15, 0.2) is 12.2 Å². The van der Waals surface area contributed by atoms with Gasteiger partial charge in [-0.1, -0.05) is 84.9 Å². The van der Waals surface area contributed by atoms with Crippen molar-refractivity contribution in [2.45, 2.75) is 26.1 Å². The molecule has 210 valence electrons. The Morgan fingerprint density at radius 2 is 0.952 bits per heavy atom. The smallest absolute Gasteiger partial charge is 0.280 e. The van der Waals surface area contributed by atoms with Gasteiger partial charge in [0.25, 0.3) is 11.8 Å². The quantitative estimate of drug-likeness (QED) is 0.166. The van der Waals surface area contributed by atoms with Crippen molar-refractivity contribution in [3.8, 4) is 11.5 Å². The van der Waals surface area contributed by atoms with Crippen LogP contribution in [0.5, 0.6) is 11.5 Å². The molecule has 2 amide bonds. The lowest BCUT2D eigenvalue weighted by atomic mass is 10.1. The lowest BCUT2D eigenvalue weighted by molar-refractivity contribution is -0.127. The van der Waals surface area contributed by atoms with Gasteiger partial charge in [-0.15, -0.1) is 0 Å². The summed E-state index contributed by atoms with van der Waals surface area (Å²) in [7, 11) is 0. The summed E-state index contributed by atoms with van der Waals surface area (Å²) < 4.78 is 11.6. The zero-order valence-electron chi connectivity index (χ0n) is 23.2. The Labute approximate surface area is 243 Å². The van der Waals surface area contributed by atoms with Crippen LogP contribution in [0.2, 0.25) is 0 Å². The van der Waals surface area contributed by atoms with Gasteiger partial charge in [0.1, 0.15) is 11.5 Å². The Bertz CT molecular complexity index is 1640. The van der Waals surface area contributed by atoms with Crippen molar-refractivity contribution < 1.29 is 19.1 Å². The highest BCUT2D eigenvalue weighted by Gasteiger charge is 2.15. The Morgan fingerprint density at radius 3 is 1.36 bits per heavy atom. The summed E-state index contributed by atoms with van der Waals surface area (Å²) in [4.78, 5) is 24.8. The van der Waals surface area contributed by atoms with Gasteiger partial charge in [0.2, 0.25) is 0 Å². The first-order valence-electron chi connectivity index (χ1n) is 13.5. The number of benzene rings is 5. The fraction of sp³-hybridized carbons (Fsp3) is 0.118. The number of nitrogens with zero attached hydrogens (tertiary/aromatic N) is 2. The van der Waals surface area contributed by atoms with Crippen LogP contribution in [0.25, 0.3) is 21.5 Å². The fourth-order valence-corrected chi connectivity index (χ4v) is 4.19. The molecule has 0 aliphatic heterocycles. The van der Waals surface area contributed by atoms with E-state index < -0.39 is 12.2 Å². The number of nitrogens with one attached hydrogen (secondary N) is 2. The second-order valence-electron chi connectivity index (χ2n) is 9.67. The molecule has 0 spiro atoms. The van der Waals surface area contributed by atoms with Crippen LogP contribution in [0.4, 0.5) is 0 Å². The minimum atomic E-state index is -0.724. The molecule has 5 rings (SSSR count). The highest BCUT2D eigenvalue weighted by molar-refractivity contribution is 5.88. The van der Waals surface area contributed by atoms with Crippen molar-refractivity contribution in [1.29, 1.82) is 0 Å². The van der Waals surface area contributed by atoms with Crippen molar-refractivity contribution in [3.63, 3.8) is 0 Å². The predicted molar refractivity (Wildman–Crippen MR) is 166 cm³/mol. The van der Waals surface area contributed by atoms with Gasteiger partial charge in [-0.3, -0.25) is 9.59 Å². The minimum absolute atomic E-state index is 0.363. The molecular formula is C34H30N4O4. The second-order valence-corrected chi connectivity index (χ2v) is 9.67. The molecule has 2 atom stereocenters. The van der Waals surface area contributed by atoms with Gasteiger partial charge >= 0.3 is 0 Å². The largest absolute Gasteiger partial charge is 0.481 e. The molecule has 0 saturated carbocycles. The normalized spacial score (nSPS) is 12.8. The number of ether oxygens (including phenoxy) is 2. The first-order chi connectivity index (χ1) is 20.4. The summed E-state index contributed by atoms with van der Waals surface area (Å²) in [6, 6.07) is 34.6. The maximum absolute atomic E-state index is 12.4. The van der Waals surface area contributed by atoms with E-state index in [4.69, 9.17) is 9.47 Å². The topological polar surface area (TPSA) is 101 Å². The third-order valence-corrected chi connectivity index (χ3v) is 6.52. The van der Waals surface area contributed by atoms with E-state index in [1.807, 2.05) is 109 Å². The lowest BCUT2D eigenvalue weighted by Gasteiger charge is -2.13. The van der Waals surface area contributed by atoms with Crippen LogP contribution < -0.4 is 20.3 Å². The van der Waals surface area contributed by atoms with E-state index in [0.717, 1.165) is 32.7 Å². The van der Waals surface area contributed by atoms with E-state index in [2.05, 4.69) is 21.1 Å². The molecule has 0 aliphatic rings. The first-order valence-corrected chi connectivity index (χ1v) is 13.5. The number of fused-ring (bicyclic) bond motifs is 2. The molecular weight excluding hydrogens is 528 g/mol. The molecule has 0 aromatic heterocycles. The van der Waals surface area contributed by atoms with Gasteiger partial charge in [0.05, 0.1) is 12.4 Å². The average Bonchev–Trinajstić information content (AvgIpc) is 3.01.